The van der Waals surface area contributed by atoms with Gasteiger partial charge in [0.25, 0.3) is 0 Å². The van der Waals surface area contributed by atoms with Gasteiger partial charge in [-0.05, 0) is 45.4 Å². The van der Waals surface area contributed by atoms with Crippen LogP contribution in [-0.2, 0) is 10.3 Å². The van der Waals surface area contributed by atoms with Gasteiger partial charge in [-0.15, -0.1) is 0 Å². The van der Waals surface area contributed by atoms with Crippen molar-refractivity contribution in [2.75, 3.05) is 18.6 Å². The molecule has 8 heteroatoms. The molecule has 0 aromatic heterocycles. The zero-order valence-electron chi connectivity index (χ0n) is 16.0. The first-order valence-electron chi connectivity index (χ1n) is 8.92. The molecular weight excluding hydrogens is 369 g/mol. The summed E-state index contributed by atoms with van der Waals surface area (Å²) in [6.07, 6.45) is 0.108. The smallest absolute Gasteiger partial charge is 0.413 e. The minimum absolute atomic E-state index is 0.0445. The molecule has 3 N–H and O–H groups in total. The predicted molar refractivity (Wildman–Crippen MR) is 106 cm³/mol. The lowest BCUT2D eigenvalue weighted by molar-refractivity contribution is 0.102. The van der Waals surface area contributed by atoms with Crippen molar-refractivity contribution >= 4 is 28.7 Å². The van der Waals surface area contributed by atoms with Crippen molar-refractivity contribution in [3.05, 3.63) is 29.6 Å². The molecule has 0 bridgehead atoms. The van der Waals surface area contributed by atoms with Crippen molar-refractivity contribution in [1.29, 1.82) is 0 Å². The van der Waals surface area contributed by atoms with Crippen LogP contribution in [0.5, 0.6) is 0 Å². The minimum Gasteiger partial charge on any atom is -0.465 e. The highest BCUT2D eigenvalue weighted by Crippen LogP contribution is 2.53. The van der Waals surface area contributed by atoms with Gasteiger partial charge in [-0.1, -0.05) is 11.8 Å². The van der Waals surface area contributed by atoms with Crippen LogP contribution < -0.4 is 5.73 Å². The van der Waals surface area contributed by atoms with Crippen LogP contribution in [0.4, 0.5) is 14.9 Å². The summed E-state index contributed by atoms with van der Waals surface area (Å²) in [4.78, 5) is 18.1. The third kappa shape index (κ3) is 3.52. The van der Waals surface area contributed by atoms with Crippen molar-refractivity contribution < 1.29 is 19.0 Å². The Morgan fingerprint density at radius 1 is 1.48 bits per heavy atom. The van der Waals surface area contributed by atoms with Gasteiger partial charge < -0.3 is 15.6 Å². The number of amidine groups is 1. The second-order valence-corrected chi connectivity index (χ2v) is 9.14. The maximum absolute atomic E-state index is 14.8. The highest BCUT2D eigenvalue weighted by Gasteiger charge is 2.53. The lowest BCUT2D eigenvalue weighted by atomic mass is 9.81. The second kappa shape index (κ2) is 6.98. The number of halogens is 1. The number of methoxy groups -OCH3 is 1. The van der Waals surface area contributed by atoms with Crippen LogP contribution >= 0.6 is 11.8 Å². The molecule has 27 heavy (non-hydrogen) atoms. The number of nitrogens with zero attached hydrogens (tertiary/aromatic N) is 2. The van der Waals surface area contributed by atoms with E-state index in [1.165, 1.54) is 28.8 Å². The van der Waals surface area contributed by atoms with Crippen molar-refractivity contribution in [1.82, 2.24) is 4.90 Å². The Morgan fingerprint density at radius 3 is 2.78 bits per heavy atom. The topological polar surface area (TPSA) is 88.1 Å². The van der Waals surface area contributed by atoms with E-state index in [0.29, 0.717) is 28.6 Å². The molecule has 2 aliphatic rings. The fourth-order valence-corrected chi connectivity index (χ4v) is 5.52. The van der Waals surface area contributed by atoms with Crippen LogP contribution in [0.25, 0.3) is 0 Å². The SMILES string of the molecule is CO[C@@H]1C[C@H]2CSC(N(C(=O)O)C(C)(C)C)=N[C@@]2(c2cc(N)ccc2F)C1. The molecule has 1 amide bonds. The van der Waals surface area contributed by atoms with Crippen molar-refractivity contribution in [3.8, 4) is 0 Å². The Balaban J connectivity index is 2.18. The fraction of sp³-hybridized carbons (Fsp3) is 0.579. The molecule has 1 aliphatic heterocycles. The van der Waals surface area contributed by atoms with E-state index in [0.717, 1.165) is 6.42 Å². The second-order valence-electron chi connectivity index (χ2n) is 8.15. The number of aliphatic imine (C=N–C) groups is 1. The fourth-order valence-electron chi connectivity index (χ4n) is 4.04. The normalized spacial score (nSPS) is 27.8. The van der Waals surface area contributed by atoms with E-state index in [2.05, 4.69) is 0 Å². The van der Waals surface area contributed by atoms with Crippen molar-refractivity contribution in [2.45, 2.75) is 50.8 Å². The Labute approximate surface area is 163 Å². The van der Waals surface area contributed by atoms with Gasteiger partial charge in [0, 0.05) is 42.0 Å². The van der Waals surface area contributed by atoms with E-state index in [1.54, 1.807) is 13.2 Å². The lowest BCUT2D eigenvalue weighted by Gasteiger charge is -2.41. The number of fused-ring (bicyclic) bond motifs is 1. The number of carboxylic acid groups (broad SMARTS) is 1. The summed E-state index contributed by atoms with van der Waals surface area (Å²) in [5, 5.41) is 10.2. The average molecular weight is 396 g/mol. The number of hydrogen-bond donors (Lipinski definition) is 2. The highest BCUT2D eigenvalue weighted by molar-refractivity contribution is 8.13. The zero-order chi connectivity index (χ0) is 20.0. The molecule has 3 rings (SSSR count). The van der Waals surface area contributed by atoms with E-state index in [-0.39, 0.29) is 17.8 Å². The number of nitrogen functional groups attached to an aromatic ring is 1. The van der Waals surface area contributed by atoms with Gasteiger partial charge in [-0.3, -0.25) is 4.90 Å². The van der Waals surface area contributed by atoms with Gasteiger partial charge in [-0.25, -0.2) is 14.2 Å². The summed E-state index contributed by atoms with van der Waals surface area (Å²) in [5.41, 5.74) is 5.27. The van der Waals surface area contributed by atoms with Crippen LogP contribution in [0.3, 0.4) is 0 Å². The number of amides is 1. The van der Waals surface area contributed by atoms with Gasteiger partial charge in [0.1, 0.15) is 5.82 Å². The first-order chi connectivity index (χ1) is 12.6. The predicted octanol–water partition coefficient (Wildman–Crippen LogP) is 3.91. The maximum atomic E-state index is 14.8. The van der Waals surface area contributed by atoms with E-state index in [1.807, 2.05) is 20.8 Å². The van der Waals surface area contributed by atoms with Gasteiger partial charge in [0.15, 0.2) is 5.17 Å². The summed E-state index contributed by atoms with van der Waals surface area (Å²) < 4.78 is 20.4. The van der Waals surface area contributed by atoms with Crippen molar-refractivity contribution in [3.63, 3.8) is 0 Å². The lowest BCUT2D eigenvalue weighted by Crippen LogP contribution is -2.50. The molecular formula is C19H26FN3O3S. The molecule has 1 fully saturated rings. The van der Waals surface area contributed by atoms with Crippen LogP contribution in [-0.4, -0.2) is 45.8 Å². The first kappa shape index (κ1) is 19.9. The maximum Gasteiger partial charge on any atom is 0.413 e. The standard InChI is InChI=1S/C19H26FN3O3S/c1-18(2,3)23(17(24)25)16-22-19(14-8-12(21)5-6-15(14)20)9-13(26-4)7-11(19)10-27-16/h5-6,8,11,13H,7,9-10,21H2,1-4H3,(H,24,25)/t11-,13+,19-/m0/s1. The van der Waals surface area contributed by atoms with Crippen LogP contribution in [0.2, 0.25) is 0 Å². The van der Waals surface area contributed by atoms with E-state index < -0.39 is 17.2 Å². The molecule has 1 heterocycles. The average Bonchev–Trinajstić information content (AvgIpc) is 2.94. The Morgan fingerprint density at radius 2 is 2.19 bits per heavy atom. The molecule has 0 radical (unpaired) electrons. The van der Waals surface area contributed by atoms with E-state index in [4.69, 9.17) is 15.5 Å². The number of anilines is 1. The van der Waals surface area contributed by atoms with Crippen LogP contribution in [0, 0.1) is 11.7 Å². The Bertz CT molecular complexity index is 780. The largest absolute Gasteiger partial charge is 0.465 e. The molecule has 6 nitrogen and oxygen atoms in total. The third-order valence-electron chi connectivity index (χ3n) is 5.31. The summed E-state index contributed by atoms with van der Waals surface area (Å²) >= 11 is 1.40. The van der Waals surface area contributed by atoms with Gasteiger partial charge in [0.05, 0.1) is 11.6 Å². The highest BCUT2D eigenvalue weighted by atomic mass is 32.2. The molecule has 0 unspecified atom stereocenters. The molecule has 1 saturated carbocycles. The van der Waals surface area contributed by atoms with Crippen LogP contribution in [0.15, 0.2) is 23.2 Å². The number of nitrogens with two attached hydrogens (primary N) is 1. The van der Waals surface area contributed by atoms with Gasteiger partial charge >= 0.3 is 6.09 Å². The molecule has 148 valence electrons. The van der Waals surface area contributed by atoms with Crippen molar-refractivity contribution in [2.24, 2.45) is 10.9 Å². The van der Waals surface area contributed by atoms with E-state index >= 15 is 0 Å². The summed E-state index contributed by atoms with van der Waals surface area (Å²) in [7, 11) is 1.64. The summed E-state index contributed by atoms with van der Waals surface area (Å²) in [6.45, 7) is 5.45. The zero-order valence-corrected chi connectivity index (χ0v) is 16.8. The van der Waals surface area contributed by atoms with Crippen LogP contribution in [0.1, 0.15) is 39.2 Å². The molecule has 0 spiro atoms. The molecule has 0 saturated heterocycles. The van der Waals surface area contributed by atoms with Gasteiger partial charge in [0.2, 0.25) is 0 Å². The Kier molecular flexibility index (Phi) is 5.16. The third-order valence-corrected chi connectivity index (χ3v) is 6.42. The quantitative estimate of drug-likeness (QED) is 0.741. The Hall–Kier alpha value is -1.80. The number of ether oxygens (including phenoxy) is 1. The number of rotatable bonds is 2. The number of carbonyl (C=O) groups is 1. The number of hydrogen-bond acceptors (Lipinski definition) is 5. The summed E-state index contributed by atoms with van der Waals surface area (Å²) in [6, 6.07) is 4.50. The first-order valence-corrected chi connectivity index (χ1v) is 9.91. The summed E-state index contributed by atoms with van der Waals surface area (Å²) in [5.74, 6) is 0.314. The molecule has 1 aromatic rings. The number of thioether (sulfide) groups is 1. The molecule has 3 atom stereocenters. The molecule has 1 aromatic carbocycles. The van der Waals surface area contributed by atoms with E-state index in [9.17, 15) is 14.3 Å². The van der Waals surface area contributed by atoms with Gasteiger partial charge in [-0.2, -0.15) is 0 Å². The minimum atomic E-state index is -1.07. The monoisotopic (exact) mass is 395 g/mol. The molecule has 1 aliphatic carbocycles. The number of benzene rings is 1.